The Morgan fingerprint density at radius 1 is 1.15 bits per heavy atom. The molecule has 5 nitrogen and oxygen atoms in total. The van der Waals surface area contributed by atoms with Crippen LogP contribution in [0.15, 0.2) is 15.9 Å². The van der Waals surface area contributed by atoms with Gasteiger partial charge in [0.05, 0.1) is 9.83 Å². The zero-order valence-corrected chi connectivity index (χ0v) is 26.7. The number of esters is 1. The second-order valence-electron chi connectivity index (χ2n) is 13.7. The van der Waals surface area contributed by atoms with Crippen LogP contribution in [0.1, 0.15) is 110 Å². The zero-order valence-electron chi connectivity index (χ0n) is 24.3. The Morgan fingerprint density at radius 3 is 2.56 bits per heavy atom. The molecule has 0 aliphatic heterocycles. The number of nitrogens with one attached hydrogen (secondary N) is 1. The van der Waals surface area contributed by atoms with E-state index in [1.807, 2.05) is 0 Å². The van der Waals surface area contributed by atoms with Gasteiger partial charge in [-0.15, -0.1) is 11.3 Å². The number of fused-ring (bicyclic) bond motifs is 5. The molecule has 39 heavy (non-hydrogen) atoms. The largest absolute Gasteiger partial charge is 0.462 e. The van der Waals surface area contributed by atoms with Crippen molar-refractivity contribution >= 4 is 44.9 Å². The standard InChI is InChI=1S/C32H46BrNO4S/c1-6-25(27-9-10-28(33)39-27)34-29(37)15-18(2)22-7-8-23-30-24(12-14-32(22,23)5)31(4)13-11-21(36)16-20(31)17-26(30)38-19(3)35/h9-10,18,20,22-26,30H,6-8,11-17H2,1-5H3,(H,34,37)/t18-,20+,22?,23+,24+,25-,26-,30+,31+,32-/m1/s1. The summed E-state index contributed by atoms with van der Waals surface area (Å²) in [7, 11) is 0. The summed E-state index contributed by atoms with van der Waals surface area (Å²) < 4.78 is 7.18. The zero-order chi connectivity index (χ0) is 28.1. The quantitative estimate of drug-likeness (QED) is 0.315. The van der Waals surface area contributed by atoms with Gasteiger partial charge in [-0.25, -0.2) is 0 Å². The number of hydrogen-bond donors (Lipinski definition) is 1. The molecule has 0 aromatic carbocycles. The molecule has 4 fully saturated rings. The Kier molecular flexibility index (Phi) is 8.43. The lowest BCUT2D eigenvalue weighted by atomic mass is 9.43. The van der Waals surface area contributed by atoms with Crippen LogP contribution >= 0.6 is 27.3 Å². The lowest BCUT2D eigenvalue weighted by molar-refractivity contribution is -0.189. The van der Waals surface area contributed by atoms with E-state index in [-0.39, 0.29) is 34.9 Å². The first-order valence-corrected chi connectivity index (χ1v) is 16.8. The molecule has 1 unspecified atom stereocenters. The maximum absolute atomic E-state index is 13.2. The first-order valence-electron chi connectivity index (χ1n) is 15.2. The molecule has 0 saturated heterocycles. The second kappa shape index (κ2) is 11.2. The van der Waals surface area contributed by atoms with E-state index in [1.54, 1.807) is 11.3 Å². The SMILES string of the molecule is CC[C@@H](NC(=O)C[C@@H](C)C1CC[C@H]2[C@@H]3[C@H](OC(C)=O)C[C@@H]4CC(=O)CC[C@]4(C)[C@H]3CC[C@]12C)c1ccc(Br)s1. The number of thiophene rings is 1. The van der Waals surface area contributed by atoms with E-state index in [1.165, 1.54) is 18.2 Å². The third-order valence-corrected chi connectivity index (χ3v) is 13.5. The van der Waals surface area contributed by atoms with Crippen molar-refractivity contribution in [3.8, 4) is 0 Å². The Labute approximate surface area is 246 Å². The number of amides is 1. The summed E-state index contributed by atoms with van der Waals surface area (Å²) in [6.45, 7) is 10.8. The number of ether oxygens (including phenoxy) is 1. The predicted octanol–water partition coefficient (Wildman–Crippen LogP) is 7.87. The molecule has 7 heteroatoms. The van der Waals surface area contributed by atoms with Crippen molar-refractivity contribution < 1.29 is 19.1 Å². The molecule has 0 spiro atoms. The smallest absolute Gasteiger partial charge is 0.302 e. The van der Waals surface area contributed by atoms with Gasteiger partial charge in [0, 0.05) is 37.0 Å². The highest BCUT2D eigenvalue weighted by molar-refractivity contribution is 9.11. The summed E-state index contributed by atoms with van der Waals surface area (Å²) >= 11 is 5.24. The number of carbonyl (C=O) groups is 3. The maximum Gasteiger partial charge on any atom is 0.302 e. The molecule has 0 radical (unpaired) electrons. The van der Waals surface area contributed by atoms with Gasteiger partial charge >= 0.3 is 5.97 Å². The molecule has 0 bridgehead atoms. The molecule has 1 heterocycles. The van der Waals surface area contributed by atoms with E-state index in [4.69, 9.17) is 4.74 Å². The summed E-state index contributed by atoms with van der Waals surface area (Å²) in [6, 6.07) is 4.21. The lowest BCUT2D eigenvalue weighted by Gasteiger charge is -2.62. The van der Waals surface area contributed by atoms with Crippen LogP contribution in [-0.4, -0.2) is 23.8 Å². The lowest BCUT2D eigenvalue weighted by Crippen LogP contribution is -2.59. The van der Waals surface area contributed by atoms with Gasteiger partial charge in [-0.1, -0.05) is 27.7 Å². The predicted molar refractivity (Wildman–Crippen MR) is 158 cm³/mol. The minimum Gasteiger partial charge on any atom is -0.462 e. The summed E-state index contributed by atoms with van der Waals surface area (Å²) in [5.41, 5.74) is 0.307. The highest BCUT2D eigenvalue weighted by Crippen LogP contribution is 2.68. The van der Waals surface area contributed by atoms with Crippen LogP contribution in [0.3, 0.4) is 0 Å². The summed E-state index contributed by atoms with van der Waals surface area (Å²) in [5.74, 6) is 2.80. The van der Waals surface area contributed by atoms with Gasteiger partial charge in [-0.3, -0.25) is 14.4 Å². The van der Waals surface area contributed by atoms with Crippen LogP contribution in [0.5, 0.6) is 0 Å². The number of halogens is 1. The molecule has 10 atom stereocenters. The minimum atomic E-state index is -0.195. The third-order valence-electron chi connectivity index (χ3n) is 11.7. The van der Waals surface area contributed by atoms with E-state index < -0.39 is 0 Å². The van der Waals surface area contributed by atoms with E-state index in [2.05, 4.69) is 61.1 Å². The summed E-state index contributed by atoms with van der Waals surface area (Å²) in [6.07, 6.45) is 9.09. The van der Waals surface area contributed by atoms with Crippen molar-refractivity contribution in [3.63, 3.8) is 0 Å². The highest BCUT2D eigenvalue weighted by atomic mass is 79.9. The van der Waals surface area contributed by atoms with Crippen molar-refractivity contribution in [2.75, 3.05) is 0 Å². The average Bonchev–Trinajstić information content (AvgIpc) is 3.46. The Hall–Kier alpha value is -1.21. The van der Waals surface area contributed by atoms with Crippen molar-refractivity contribution in [1.82, 2.24) is 5.32 Å². The molecule has 1 aromatic rings. The van der Waals surface area contributed by atoms with Crippen LogP contribution in [-0.2, 0) is 19.1 Å². The molecular formula is C32H46BrNO4S. The van der Waals surface area contributed by atoms with E-state index in [0.29, 0.717) is 60.6 Å². The topological polar surface area (TPSA) is 72.5 Å². The van der Waals surface area contributed by atoms with E-state index in [0.717, 1.165) is 42.3 Å². The van der Waals surface area contributed by atoms with Crippen molar-refractivity contribution in [1.29, 1.82) is 0 Å². The van der Waals surface area contributed by atoms with Crippen LogP contribution < -0.4 is 5.32 Å². The monoisotopic (exact) mass is 619 g/mol. The molecule has 1 amide bonds. The maximum atomic E-state index is 13.2. The Balaban J connectivity index is 1.32. The molecule has 1 N–H and O–H groups in total. The Morgan fingerprint density at radius 2 is 1.90 bits per heavy atom. The first kappa shape index (κ1) is 29.3. The average molecular weight is 621 g/mol. The number of rotatable bonds is 7. The number of carbonyl (C=O) groups excluding carboxylic acids is 3. The van der Waals surface area contributed by atoms with Gasteiger partial charge in [-0.2, -0.15) is 0 Å². The van der Waals surface area contributed by atoms with Gasteiger partial charge in [0.25, 0.3) is 0 Å². The minimum absolute atomic E-state index is 0.0612. The van der Waals surface area contributed by atoms with Crippen molar-refractivity contribution in [2.45, 2.75) is 111 Å². The van der Waals surface area contributed by atoms with Crippen LogP contribution in [0.2, 0.25) is 0 Å². The fraction of sp³-hybridized carbons (Fsp3) is 0.781. The number of hydrogen-bond acceptors (Lipinski definition) is 5. The van der Waals surface area contributed by atoms with E-state index in [9.17, 15) is 14.4 Å². The molecule has 216 valence electrons. The summed E-state index contributed by atoms with van der Waals surface area (Å²) in [5, 5.41) is 3.31. The molecule has 5 rings (SSSR count). The van der Waals surface area contributed by atoms with Crippen molar-refractivity contribution in [2.24, 2.45) is 46.3 Å². The number of ketones is 1. The van der Waals surface area contributed by atoms with Crippen LogP contribution in [0.25, 0.3) is 0 Å². The van der Waals surface area contributed by atoms with E-state index >= 15 is 0 Å². The summed E-state index contributed by atoms with van der Waals surface area (Å²) in [4.78, 5) is 39.1. The molecular weight excluding hydrogens is 574 g/mol. The van der Waals surface area contributed by atoms with Gasteiger partial charge in [0.2, 0.25) is 5.91 Å². The van der Waals surface area contributed by atoms with Gasteiger partial charge in [-0.05, 0) is 113 Å². The van der Waals surface area contributed by atoms with Gasteiger partial charge in [0.15, 0.2) is 0 Å². The van der Waals surface area contributed by atoms with Crippen LogP contribution in [0, 0.1) is 46.3 Å². The highest BCUT2D eigenvalue weighted by Gasteiger charge is 2.63. The third kappa shape index (κ3) is 5.40. The molecule has 4 aliphatic carbocycles. The van der Waals surface area contributed by atoms with Gasteiger partial charge < -0.3 is 10.1 Å². The van der Waals surface area contributed by atoms with Crippen LogP contribution in [0.4, 0.5) is 0 Å². The second-order valence-corrected chi connectivity index (χ2v) is 16.2. The molecule has 4 aliphatic rings. The van der Waals surface area contributed by atoms with Gasteiger partial charge in [0.1, 0.15) is 11.9 Å². The number of Topliss-reactive ketones (excluding diaryl/α,β-unsaturated/α-hetero) is 1. The fourth-order valence-electron chi connectivity index (χ4n) is 9.88. The first-order chi connectivity index (χ1) is 18.5. The fourth-order valence-corrected chi connectivity index (χ4v) is 11.4. The molecule has 1 aromatic heterocycles. The van der Waals surface area contributed by atoms with Crippen molar-refractivity contribution in [3.05, 3.63) is 20.8 Å². The molecule has 4 saturated carbocycles. The normalized spacial score (nSPS) is 39.2. The Bertz CT molecular complexity index is 1100.